The van der Waals surface area contributed by atoms with Crippen LogP contribution in [0.15, 0.2) is 41.3 Å². The van der Waals surface area contributed by atoms with E-state index in [0.717, 1.165) is 16.1 Å². The molecule has 0 atom stereocenters. The van der Waals surface area contributed by atoms with E-state index < -0.39 is 44.4 Å². The second-order valence-corrected chi connectivity index (χ2v) is 10.4. The molecular weight excluding hydrogens is 469 g/mol. The first-order chi connectivity index (χ1) is 15.8. The lowest BCUT2D eigenvalue weighted by molar-refractivity contribution is 0.460. The molecule has 0 saturated carbocycles. The maximum atomic E-state index is 14.6. The minimum absolute atomic E-state index is 0.0922. The Morgan fingerprint density at radius 2 is 1.53 bits per heavy atom. The lowest BCUT2D eigenvalue weighted by Crippen LogP contribution is -2.16. The first kappa shape index (κ1) is 23.7. The van der Waals surface area contributed by atoms with Gasteiger partial charge >= 0.3 is 10.1 Å². The van der Waals surface area contributed by atoms with E-state index in [4.69, 9.17) is 4.18 Å². The van der Waals surface area contributed by atoms with Crippen LogP contribution in [0, 0.1) is 31.3 Å². The zero-order chi connectivity index (χ0) is 25.0. The van der Waals surface area contributed by atoms with E-state index in [-0.39, 0.29) is 16.3 Å². The van der Waals surface area contributed by atoms with Crippen molar-refractivity contribution in [2.24, 2.45) is 0 Å². The van der Waals surface area contributed by atoms with Crippen molar-refractivity contribution >= 4 is 15.6 Å². The normalized spacial score (nSPS) is 12.4. The Labute approximate surface area is 194 Å². The largest absolute Gasteiger partial charge is 0.356 e. The van der Waals surface area contributed by atoms with Gasteiger partial charge in [-0.1, -0.05) is 38.5 Å². The maximum absolute atomic E-state index is 14.6. The quantitative estimate of drug-likeness (QED) is 0.299. The van der Waals surface area contributed by atoms with Gasteiger partial charge in [0, 0.05) is 0 Å². The molecule has 7 nitrogen and oxygen atoms in total. The lowest BCUT2D eigenvalue weighted by atomic mass is 9.87. The van der Waals surface area contributed by atoms with Crippen molar-refractivity contribution in [2.45, 2.75) is 44.9 Å². The smallest absolute Gasteiger partial charge is 0.340 e. The maximum Gasteiger partial charge on any atom is 0.340 e. The van der Waals surface area contributed by atoms with Crippen LogP contribution in [-0.2, 0) is 15.5 Å². The van der Waals surface area contributed by atoms with Crippen LogP contribution < -0.4 is 4.18 Å². The van der Waals surface area contributed by atoms with Gasteiger partial charge in [0.2, 0.25) is 0 Å². The minimum Gasteiger partial charge on any atom is -0.356 e. The number of rotatable bonds is 4. The van der Waals surface area contributed by atoms with Gasteiger partial charge in [0.15, 0.2) is 17.5 Å². The minimum atomic E-state index is -4.30. The molecule has 4 aromatic rings. The van der Waals surface area contributed by atoms with Crippen LogP contribution >= 0.6 is 0 Å². The zero-order valence-corrected chi connectivity index (χ0v) is 19.8. The predicted octanol–water partition coefficient (Wildman–Crippen LogP) is 4.89. The highest BCUT2D eigenvalue weighted by Gasteiger charge is 2.33. The fraction of sp³-hybridized carbons (Fsp3) is 0.261. The molecule has 0 saturated heterocycles. The summed E-state index contributed by atoms with van der Waals surface area (Å²) in [4.78, 5) is -0.0922. The number of halogens is 3. The summed E-state index contributed by atoms with van der Waals surface area (Å²) in [5.74, 6) is -4.58. The van der Waals surface area contributed by atoms with Crippen LogP contribution in [0.25, 0.3) is 16.9 Å². The third-order valence-electron chi connectivity index (χ3n) is 5.21. The molecule has 0 amide bonds. The van der Waals surface area contributed by atoms with Crippen LogP contribution in [0.3, 0.4) is 0 Å². The summed E-state index contributed by atoms with van der Waals surface area (Å²) >= 11 is 0. The van der Waals surface area contributed by atoms with Crippen molar-refractivity contribution < 1.29 is 25.8 Å². The Balaban J connectivity index is 2.01. The van der Waals surface area contributed by atoms with Crippen molar-refractivity contribution in [3.05, 3.63) is 70.7 Å². The molecule has 2 aromatic heterocycles. The highest BCUT2D eigenvalue weighted by molar-refractivity contribution is 7.87. The van der Waals surface area contributed by atoms with E-state index in [1.54, 1.807) is 39.8 Å². The molecule has 0 aliphatic rings. The van der Waals surface area contributed by atoms with Crippen LogP contribution in [0.1, 0.15) is 37.6 Å². The topological polar surface area (TPSA) is 86.5 Å². The van der Waals surface area contributed by atoms with Crippen LogP contribution in [0.5, 0.6) is 5.88 Å². The molecule has 34 heavy (non-hydrogen) atoms. The van der Waals surface area contributed by atoms with Gasteiger partial charge in [-0.2, -0.15) is 13.5 Å². The van der Waals surface area contributed by atoms with E-state index in [1.165, 1.54) is 12.1 Å². The van der Waals surface area contributed by atoms with Gasteiger partial charge in [-0.15, -0.1) is 10.2 Å². The molecule has 0 aliphatic carbocycles. The summed E-state index contributed by atoms with van der Waals surface area (Å²) in [6.45, 7) is 8.76. The Bertz CT molecular complexity index is 1530. The summed E-state index contributed by atoms with van der Waals surface area (Å²) in [7, 11) is -4.30. The molecule has 0 unspecified atom stereocenters. The fourth-order valence-corrected chi connectivity index (χ4v) is 4.47. The van der Waals surface area contributed by atoms with Gasteiger partial charge < -0.3 is 4.18 Å². The average Bonchev–Trinajstić information content (AvgIpc) is 3.12. The third kappa shape index (κ3) is 4.00. The van der Waals surface area contributed by atoms with Gasteiger partial charge in [-0.3, -0.25) is 0 Å². The van der Waals surface area contributed by atoms with Crippen LogP contribution in [0.2, 0.25) is 0 Å². The Morgan fingerprint density at radius 1 is 0.912 bits per heavy atom. The molecule has 0 radical (unpaired) electrons. The summed E-state index contributed by atoms with van der Waals surface area (Å²) in [5.41, 5.74) is 0.223. The van der Waals surface area contributed by atoms with Gasteiger partial charge in [0.1, 0.15) is 10.7 Å². The molecule has 0 spiro atoms. The van der Waals surface area contributed by atoms with Gasteiger partial charge in [0.25, 0.3) is 5.88 Å². The summed E-state index contributed by atoms with van der Waals surface area (Å²) in [5, 5.41) is 12.0. The van der Waals surface area contributed by atoms with Crippen molar-refractivity contribution in [2.75, 3.05) is 0 Å². The predicted molar refractivity (Wildman–Crippen MR) is 119 cm³/mol. The average molecular weight is 491 g/mol. The van der Waals surface area contributed by atoms with E-state index in [2.05, 4.69) is 15.3 Å². The van der Waals surface area contributed by atoms with Gasteiger partial charge in [0.05, 0.1) is 22.3 Å². The van der Waals surface area contributed by atoms with Crippen molar-refractivity contribution in [3.8, 4) is 17.3 Å². The Morgan fingerprint density at radius 3 is 2.15 bits per heavy atom. The van der Waals surface area contributed by atoms with Crippen LogP contribution in [-0.4, -0.2) is 28.2 Å². The Kier molecular flexibility index (Phi) is 5.63. The molecular formula is C23H21F3N4O3S. The number of benzene rings is 2. The summed E-state index contributed by atoms with van der Waals surface area (Å²) in [6.07, 6.45) is 0. The van der Waals surface area contributed by atoms with Crippen molar-refractivity contribution in [1.29, 1.82) is 0 Å². The lowest BCUT2D eigenvalue weighted by Gasteiger charge is -2.19. The third-order valence-corrected chi connectivity index (χ3v) is 6.43. The molecule has 2 aromatic carbocycles. The molecule has 0 bridgehead atoms. The van der Waals surface area contributed by atoms with E-state index in [1.807, 2.05) is 6.92 Å². The van der Waals surface area contributed by atoms with E-state index in [9.17, 15) is 21.6 Å². The molecule has 0 fully saturated rings. The molecule has 0 aliphatic heterocycles. The zero-order valence-electron chi connectivity index (χ0n) is 19.0. The fourth-order valence-electron chi connectivity index (χ4n) is 3.58. The number of fused-ring (bicyclic) bond motifs is 1. The van der Waals surface area contributed by atoms with Gasteiger partial charge in [-0.05, 0) is 43.5 Å². The van der Waals surface area contributed by atoms with Crippen molar-refractivity contribution in [1.82, 2.24) is 19.8 Å². The molecule has 178 valence electrons. The number of aromatic nitrogens is 4. The van der Waals surface area contributed by atoms with E-state index >= 15 is 0 Å². The molecule has 0 N–H and O–H groups in total. The van der Waals surface area contributed by atoms with Crippen molar-refractivity contribution in [3.63, 3.8) is 0 Å². The first-order valence-electron chi connectivity index (χ1n) is 10.2. The molecule has 2 heterocycles. The summed E-state index contributed by atoms with van der Waals surface area (Å²) in [6, 6.07) is 7.45. The molecule has 4 rings (SSSR count). The second kappa shape index (κ2) is 8.08. The number of aryl methyl sites for hydroxylation is 2. The summed E-state index contributed by atoms with van der Waals surface area (Å²) < 4.78 is 75.5. The van der Waals surface area contributed by atoms with Crippen LogP contribution in [0.4, 0.5) is 13.2 Å². The highest BCUT2D eigenvalue weighted by atomic mass is 32.2. The standard InChI is InChI=1S/C23H21F3N4O3S/c1-12-6-8-14(9-7-12)34(31,32)33-22-18(23(3,4)5)20-13(2)27-28-21(30(20)29-22)17-15(24)10-11-16(25)19(17)26/h6-11H,1-5H3. The number of hydrogen-bond donors (Lipinski definition) is 0. The molecule has 11 heteroatoms. The van der Waals surface area contributed by atoms with E-state index in [0.29, 0.717) is 17.3 Å². The number of hydrogen-bond acceptors (Lipinski definition) is 6. The monoisotopic (exact) mass is 490 g/mol. The Hall–Kier alpha value is -3.47. The second-order valence-electron chi connectivity index (χ2n) is 8.87. The first-order valence-corrected chi connectivity index (χ1v) is 11.6. The SMILES string of the molecule is Cc1ccc(S(=O)(=O)Oc2nn3c(-c4c(F)ccc(F)c4F)nnc(C)c3c2C(C)(C)C)cc1. The highest BCUT2D eigenvalue weighted by Crippen LogP contribution is 2.38. The van der Waals surface area contributed by atoms with Gasteiger partial charge in [-0.25, -0.2) is 17.7 Å². The number of nitrogens with zero attached hydrogens (tertiary/aromatic N) is 4.